The Hall–Kier alpha value is -1.00. The number of halogens is 2. The van der Waals surface area contributed by atoms with Crippen LogP contribution in [0.25, 0.3) is 0 Å². The molecule has 3 N–H and O–H groups in total. The van der Waals surface area contributed by atoms with Gasteiger partial charge >= 0.3 is 0 Å². The summed E-state index contributed by atoms with van der Waals surface area (Å²) < 4.78 is 25.8. The van der Waals surface area contributed by atoms with E-state index in [1.807, 2.05) is 0 Å². The first-order valence-corrected chi connectivity index (χ1v) is 4.37. The highest BCUT2D eigenvalue weighted by Gasteiger charge is 2.17. The number of hydrogen-bond acceptors (Lipinski definition) is 2. The van der Waals surface area contributed by atoms with Gasteiger partial charge in [-0.3, -0.25) is 0 Å². The van der Waals surface area contributed by atoms with Crippen LogP contribution >= 0.6 is 0 Å². The zero-order valence-electron chi connectivity index (χ0n) is 7.87. The summed E-state index contributed by atoms with van der Waals surface area (Å²) in [5, 5.41) is 8.79. The van der Waals surface area contributed by atoms with Gasteiger partial charge in [-0.1, -0.05) is 13.0 Å². The SMILES string of the molecule is CC(c1ccc(F)cc1F)C(N)CO. The first-order chi connectivity index (χ1) is 6.56. The molecule has 0 saturated carbocycles. The summed E-state index contributed by atoms with van der Waals surface area (Å²) in [5.41, 5.74) is 5.87. The zero-order valence-corrected chi connectivity index (χ0v) is 7.87. The molecule has 0 aliphatic carbocycles. The molecule has 0 fully saturated rings. The quantitative estimate of drug-likeness (QED) is 0.776. The van der Waals surface area contributed by atoms with E-state index in [0.717, 1.165) is 6.07 Å². The summed E-state index contributed by atoms with van der Waals surface area (Å²) >= 11 is 0. The molecule has 0 amide bonds. The van der Waals surface area contributed by atoms with Crippen LogP contribution in [0, 0.1) is 11.6 Å². The number of rotatable bonds is 3. The van der Waals surface area contributed by atoms with E-state index in [4.69, 9.17) is 10.8 Å². The van der Waals surface area contributed by atoms with E-state index in [9.17, 15) is 8.78 Å². The third kappa shape index (κ3) is 2.27. The van der Waals surface area contributed by atoms with Gasteiger partial charge in [-0.05, 0) is 11.6 Å². The average molecular weight is 201 g/mol. The van der Waals surface area contributed by atoms with Crippen molar-refractivity contribution in [3.63, 3.8) is 0 Å². The Morgan fingerprint density at radius 3 is 2.57 bits per heavy atom. The van der Waals surface area contributed by atoms with E-state index in [-0.39, 0.29) is 12.5 Å². The molecule has 0 bridgehead atoms. The van der Waals surface area contributed by atoms with Crippen molar-refractivity contribution in [2.45, 2.75) is 18.9 Å². The van der Waals surface area contributed by atoms with Crippen molar-refractivity contribution >= 4 is 0 Å². The Bertz CT molecular complexity index is 317. The molecule has 0 aromatic heterocycles. The Kier molecular flexibility index (Phi) is 3.55. The number of nitrogens with two attached hydrogens (primary N) is 1. The molecule has 0 spiro atoms. The molecule has 78 valence electrons. The number of aliphatic hydroxyl groups is 1. The van der Waals surface area contributed by atoms with Crippen molar-refractivity contribution in [3.8, 4) is 0 Å². The van der Waals surface area contributed by atoms with Crippen LogP contribution in [0.1, 0.15) is 18.4 Å². The van der Waals surface area contributed by atoms with Gasteiger partial charge in [0.25, 0.3) is 0 Å². The minimum Gasteiger partial charge on any atom is -0.395 e. The average Bonchev–Trinajstić information content (AvgIpc) is 2.15. The van der Waals surface area contributed by atoms with E-state index in [1.54, 1.807) is 6.92 Å². The minimum absolute atomic E-state index is 0.224. The maximum atomic E-state index is 13.2. The highest BCUT2D eigenvalue weighted by atomic mass is 19.1. The second-order valence-electron chi connectivity index (χ2n) is 3.30. The van der Waals surface area contributed by atoms with Crippen molar-refractivity contribution in [1.82, 2.24) is 0 Å². The Labute approximate surface area is 81.4 Å². The number of hydrogen-bond donors (Lipinski definition) is 2. The second kappa shape index (κ2) is 4.48. The van der Waals surface area contributed by atoms with Crippen molar-refractivity contribution in [2.75, 3.05) is 6.61 Å². The zero-order chi connectivity index (χ0) is 10.7. The van der Waals surface area contributed by atoms with Gasteiger partial charge in [-0.2, -0.15) is 0 Å². The van der Waals surface area contributed by atoms with Crippen LogP contribution < -0.4 is 5.73 Å². The van der Waals surface area contributed by atoms with E-state index in [2.05, 4.69) is 0 Å². The molecule has 0 heterocycles. The summed E-state index contributed by atoms with van der Waals surface area (Å²) in [6.45, 7) is 1.47. The molecule has 0 aliphatic heterocycles. The van der Waals surface area contributed by atoms with Crippen molar-refractivity contribution in [1.29, 1.82) is 0 Å². The molecule has 0 radical (unpaired) electrons. The fraction of sp³-hybridized carbons (Fsp3) is 0.400. The molecule has 1 aromatic rings. The topological polar surface area (TPSA) is 46.2 Å². The van der Waals surface area contributed by atoms with Gasteiger partial charge in [-0.25, -0.2) is 8.78 Å². The molecule has 14 heavy (non-hydrogen) atoms. The Morgan fingerprint density at radius 1 is 1.43 bits per heavy atom. The first kappa shape index (κ1) is 11.1. The molecule has 1 rings (SSSR count). The fourth-order valence-corrected chi connectivity index (χ4v) is 1.26. The minimum atomic E-state index is -0.624. The summed E-state index contributed by atoms with van der Waals surface area (Å²) in [4.78, 5) is 0. The normalized spacial score (nSPS) is 15.2. The van der Waals surface area contributed by atoms with Crippen LogP contribution in [-0.2, 0) is 0 Å². The lowest BCUT2D eigenvalue weighted by Crippen LogP contribution is -2.30. The van der Waals surface area contributed by atoms with E-state index >= 15 is 0 Å². The lowest BCUT2D eigenvalue weighted by molar-refractivity contribution is 0.251. The molecule has 0 saturated heterocycles. The van der Waals surface area contributed by atoms with Crippen LogP contribution in [-0.4, -0.2) is 17.8 Å². The van der Waals surface area contributed by atoms with Gasteiger partial charge in [0.05, 0.1) is 6.61 Å². The summed E-state index contributed by atoms with van der Waals surface area (Å²) in [6.07, 6.45) is 0. The second-order valence-corrected chi connectivity index (χ2v) is 3.30. The molecule has 2 nitrogen and oxygen atoms in total. The Morgan fingerprint density at radius 2 is 2.07 bits per heavy atom. The van der Waals surface area contributed by atoms with Gasteiger partial charge < -0.3 is 10.8 Å². The third-order valence-electron chi connectivity index (χ3n) is 2.31. The van der Waals surface area contributed by atoms with Crippen molar-refractivity contribution < 1.29 is 13.9 Å². The monoisotopic (exact) mass is 201 g/mol. The predicted molar refractivity (Wildman–Crippen MR) is 49.8 cm³/mol. The van der Waals surface area contributed by atoms with Gasteiger partial charge in [0.1, 0.15) is 11.6 Å². The molecular weight excluding hydrogens is 188 g/mol. The van der Waals surface area contributed by atoms with Crippen LogP contribution in [0.4, 0.5) is 8.78 Å². The Balaban J connectivity index is 2.95. The molecule has 0 aliphatic rings. The standard InChI is InChI=1S/C10H13F2NO/c1-6(10(13)5-14)8-3-2-7(11)4-9(8)12/h2-4,6,10,14H,5,13H2,1H3. The van der Waals surface area contributed by atoms with Crippen molar-refractivity contribution in [3.05, 3.63) is 35.4 Å². The summed E-state index contributed by atoms with van der Waals surface area (Å²) in [5.74, 6) is -1.57. The maximum Gasteiger partial charge on any atom is 0.129 e. The van der Waals surface area contributed by atoms with Crippen LogP contribution in [0.5, 0.6) is 0 Å². The molecule has 2 unspecified atom stereocenters. The van der Waals surface area contributed by atoms with Gasteiger partial charge in [0.15, 0.2) is 0 Å². The number of aliphatic hydroxyl groups excluding tert-OH is 1. The van der Waals surface area contributed by atoms with Crippen LogP contribution in [0.2, 0.25) is 0 Å². The predicted octanol–water partition coefficient (Wildman–Crippen LogP) is 1.39. The highest BCUT2D eigenvalue weighted by molar-refractivity contribution is 5.23. The van der Waals surface area contributed by atoms with E-state index in [0.29, 0.717) is 5.56 Å². The molecular formula is C10H13F2NO. The smallest absolute Gasteiger partial charge is 0.129 e. The van der Waals surface area contributed by atoms with Crippen LogP contribution in [0.15, 0.2) is 18.2 Å². The maximum absolute atomic E-state index is 13.2. The van der Waals surface area contributed by atoms with Crippen LogP contribution in [0.3, 0.4) is 0 Å². The largest absolute Gasteiger partial charge is 0.395 e. The fourth-order valence-electron chi connectivity index (χ4n) is 1.26. The molecule has 2 atom stereocenters. The first-order valence-electron chi connectivity index (χ1n) is 4.37. The van der Waals surface area contributed by atoms with Crippen molar-refractivity contribution in [2.24, 2.45) is 5.73 Å². The summed E-state index contributed by atoms with van der Waals surface area (Å²) in [7, 11) is 0. The lowest BCUT2D eigenvalue weighted by atomic mass is 9.94. The molecule has 1 aromatic carbocycles. The molecule has 4 heteroatoms. The third-order valence-corrected chi connectivity index (χ3v) is 2.31. The number of benzene rings is 1. The van der Waals surface area contributed by atoms with E-state index < -0.39 is 17.7 Å². The van der Waals surface area contributed by atoms with E-state index in [1.165, 1.54) is 12.1 Å². The summed E-state index contributed by atoms with van der Waals surface area (Å²) in [6, 6.07) is 2.81. The lowest BCUT2D eigenvalue weighted by Gasteiger charge is -2.18. The van der Waals surface area contributed by atoms with Gasteiger partial charge in [0, 0.05) is 18.0 Å². The van der Waals surface area contributed by atoms with Gasteiger partial charge in [-0.15, -0.1) is 0 Å². The van der Waals surface area contributed by atoms with Gasteiger partial charge in [0.2, 0.25) is 0 Å². The highest BCUT2D eigenvalue weighted by Crippen LogP contribution is 2.21.